The third-order valence-electron chi connectivity index (χ3n) is 2.49. The largest absolute Gasteiger partial charge is 0.369 e. The fourth-order valence-electron chi connectivity index (χ4n) is 1.56. The summed E-state index contributed by atoms with van der Waals surface area (Å²) in [7, 11) is 0. The van der Waals surface area contributed by atoms with E-state index in [-0.39, 0.29) is 0 Å². The van der Waals surface area contributed by atoms with Crippen LogP contribution in [0, 0.1) is 0 Å². The fraction of sp³-hybridized carbons (Fsp3) is 0.231. The van der Waals surface area contributed by atoms with Crippen molar-refractivity contribution in [2.45, 2.75) is 11.8 Å². The van der Waals surface area contributed by atoms with Crippen LogP contribution in [-0.4, -0.2) is 22.8 Å². The maximum absolute atomic E-state index is 4.24. The van der Waals surface area contributed by atoms with Crippen molar-refractivity contribution < 1.29 is 0 Å². The number of aromatic nitrogens is 2. The summed E-state index contributed by atoms with van der Waals surface area (Å²) in [6, 6.07) is 8.22. The van der Waals surface area contributed by atoms with E-state index in [1.54, 1.807) is 18.1 Å². The molecule has 4 nitrogen and oxygen atoms in total. The maximum atomic E-state index is 4.24. The Bertz CT molecular complexity index is 545. The fourth-order valence-corrected chi connectivity index (χ4v) is 2.41. The van der Waals surface area contributed by atoms with Crippen LogP contribution in [0.3, 0.4) is 0 Å². The van der Waals surface area contributed by atoms with Crippen molar-refractivity contribution in [1.29, 1.82) is 0 Å². The second kappa shape index (κ2) is 6.77. The highest BCUT2D eigenvalue weighted by molar-refractivity contribution is 9.10. The van der Waals surface area contributed by atoms with Gasteiger partial charge in [0.1, 0.15) is 22.4 Å². The number of nitrogens with zero attached hydrogens (tertiary/aromatic N) is 2. The normalized spacial score (nSPS) is 10.3. The molecule has 0 aliphatic carbocycles. The Hall–Kier alpha value is -1.27. The smallest absolute Gasteiger partial charge is 0.150 e. The number of halogens is 1. The summed E-state index contributed by atoms with van der Waals surface area (Å²) in [5, 5.41) is 6.45. The van der Waals surface area contributed by atoms with Crippen molar-refractivity contribution >= 4 is 45.0 Å². The first-order valence-electron chi connectivity index (χ1n) is 5.90. The Morgan fingerprint density at radius 2 is 1.84 bits per heavy atom. The van der Waals surface area contributed by atoms with Gasteiger partial charge in [-0.2, -0.15) is 0 Å². The van der Waals surface area contributed by atoms with Crippen molar-refractivity contribution in [3.05, 3.63) is 35.1 Å². The lowest BCUT2D eigenvalue weighted by Gasteiger charge is -2.11. The van der Waals surface area contributed by atoms with Crippen LogP contribution in [0.1, 0.15) is 6.92 Å². The van der Waals surface area contributed by atoms with Crippen LogP contribution in [0.25, 0.3) is 0 Å². The predicted molar refractivity (Wildman–Crippen MR) is 85.4 cm³/mol. The Morgan fingerprint density at radius 3 is 2.47 bits per heavy atom. The first-order chi connectivity index (χ1) is 9.24. The zero-order valence-electron chi connectivity index (χ0n) is 10.8. The molecule has 0 saturated carbocycles. The number of hydrogen-bond donors (Lipinski definition) is 2. The van der Waals surface area contributed by atoms with Crippen LogP contribution < -0.4 is 10.6 Å². The van der Waals surface area contributed by atoms with E-state index >= 15 is 0 Å². The van der Waals surface area contributed by atoms with Crippen LogP contribution in [0.5, 0.6) is 0 Å². The lowest BCUT2D eigenvalue weighted by molar-refractivity contribution is 1.10. The standard InChI is InChI=1S/C13H15BrN4S/c1-3-15-12-11(14)13(17-8-16-12)18-9-4-6-10(19-2)7-5-9/h4-8H,3H2,1-2H3,(H2,15,16,17,18). The third kappa shape index (κ3) is 3.61. The second-order valence-corrected chi connectivity index (χ2v) is 5.44. The van der Waals surface area contributed by atoms with E-state index in [9.17, 15) is 0 Å². The van der Waals surface area contributed by atoms with Crippen molar-refractivity contribution in [2.24, 2.45) is 0 Å². The first kappa shape index (κ1) is 14.1. The summed E-state index contributed by atoms with van der Waals surface area (Å²) < 4.78 is 0.839. The molecular formula is C13H15BrN4S. The van der Waals surface area contributed by atoms with Gasteiger partial charge in [-0.05, 0) is 53.4 Å². The molecule has 0 aliphatic heterocycles. The highest BCUT2D eigenvalue weighted by Gasteiger charge is 2.08. The number of anilines is 3. The predicted octanol–water partition coefficient (Wildman–Crippen LogP) is 4.14. The van der Waals surface area contributed by atoms with E-state index in [0.29, 0.717) is 0 Å². The van der Waals surface area contributed by atoms with Gasteiger partial charge in [0.05, 0.1) is 0 Å². The van der Waals surface area contributed by atoms with Gasteiger partial charge >= 0.3 is 0 Å². The number of rotatable bonds is 5. The minimum Gasteiger partial charge on any atom is -0.369 e. The molecule has 2 rings (SSSR count). The van der Waals surface area contributed by atoms with Crippen molar-refractivity contribution in [3.63, 3.8) is 0 Å². The van der Waals surface area contributed by atoms with E-state index in [1.807, 2.05) is 19.1 Å². The molecule has 0 fully saturated rings. The molecule has 1 heterocycles. The number of benzene rings is 1. The summed E-state index contributed by atoms with van der Waals surface area (Å²) in [4.78, 5) is 9.67. The molecule has 0 spiro atoms. The van der Waals surface area contributed by atoms with Gasteiger partial charge in [0.25, 0.3) is 0 Å². The van der Waals surface area contributed by atoms with Crippen molar-refractivity contribution in [3.8, 4) is 0 Å². The summed E-state index contributed by atoms with van der Waals surface area (Å²) in [6.45, 7) is 2.85. The van der Waals surface area contributed by atoms with Crippen LogP contribution in [0.15, 0.2) is 40.0 Å². The molecule has 1 aromatic carbocycles. The summed E-state index contributed by atoms with van der Waals surface area (Å²) >= 11 is 5.24. The van der Waals surface area contributed by atoms with E-state index in [0.717, 1.165) is 28.3 Å². The summed E-state index contributed by atoms with van der Waals surface area (Å²) in [6.07, 6.45) is 3.60. The van der Waals surface area contributed by atoms with Gasteiger partial charge in [-0.1, -0.05) is 0 Å². The Morgan fingerprint density at radius 1 is 1.16 bits per heavy atom. The molecule has 2 N–H and O–H groups in total. The molecule has 0 atom stereocenters. The Labute approximate surface area is 125 Å². The number of thioether (sulfide) groups is 1. The van der Waals surface area contributed by atoms with Crippen LogP contribution in [-0.2, 0) is 0 Å². The quantitative estimate of drug-likeness (QED) is 0.802. The molecule has 0 unspecified atom stereocenters. The van der Waals surface area contributed by atoms with Gasteiger partial charge in [0.15, 0.2) is 0 Å². The molecule has 19 heavy (non-hydrogen) atoms. The number of hydrogen-bond acceptors (Lipinski definition) is 5. The van der Waals surface area contributed by atoms with Crippen LogP contribution in [0.4, 0.5) is 17.3 Å². The molecule has 0 radical (unpaired) electrons. The van der Waals surface area contributed by atoms with E-state index in [2.05, 4.69) is 54.9 Å². The highest BCUT2D eigenvalue weighted by atomic mass is 79.9. The van der Waals surface area contributed by atoms with Crippen LogP contribution >= 0.6 is 27.7 Å². The highest BCUT2D eigenvalue weighted by Crippen LogP contribution is 2.29. The van der Waals surface area contributed by atoms with Gasteiger partial charge in [0.2, 0.25) is 0 Å². The zero-order chi connectivity index (χ0) is 13.7. The van der Waals surface area contributed by atoms with Gasteiger partial charge < -0.3 is 10.6 Å². The molecule has 0 saturated heterocycles. The van der Waals surface area contributed by atoms with E-state index in [4.69, 9.17) is 0 Å². The lowest BCUT2D eigenvalue weighted by Crippen LogP contribution is -2.03. The molecule has 6 heteroatoms. The molecule has 1 aromatic heterocycles. The molecule has 0 aliphatic rings. The second-order valence-electron chi connectivity index (χ2n) is 3.77. The molecular weight excluding hydrogens is 324 g/mol. The average Bonchev–Trinajstić information content (AvgIpc) is 2.44. The summed E-state index contributed by atoms with van der Waals surface area (Å²) in [5.74, 6) is 1.54. The molecule has 2 aromatic rings. The van der Waals surface area contributed by atoms with Crippen LogP contribution in [0.2, 0.25) is 0 Å². The topological polar surface area (TPSA) is 49.8 Å². The molecule has 0 amide bonds. The molecule has 0 bridgehead atoms. The maximum Gasteiger partial charge on any atom is 0.150 e. The summed E-state index contributed by atoms with van der Waals surface area (Å²) in [5.41, 5.74) is 1.000. The SMILES string of the molecule is CCNc1ncnc(Nc2ccc(SC)cc2)c1Br. The number of nitrogens with one attached hydrogen (secondary N) is 2. The average molecular weight is 339 g/mol. The molecule has 100 valence electrons. The minimum atomic E-state index is 0.753. The monoisotopic (exact) mass is 338 g/mol. The van der Waals surface area contributed by atoms with Gasteiger partial charge in [-0.15, -0.1) is 11.8 Å². The van der Waals surface area contributed by atoms with Gasteiger partial charge in [-0.3, -0.25) is 0 Å². The lowest BCUT2D eigenvalue weighted by atomic mass is 10.3. The Kier molecular flexibility index (Phi) is 5.04. The minimum absolute atomic E-state index is 0.753. The third-order valence-corrected chi connectivity index (χ3v) is 3.98. The first-order valence-corrected chi connectivity index (χ1v) is 7.91. The van der Waals surface area contributed by atoms with E-state index < -0.39 is 0 Å². The van der Waals surface area contributed by atoms with Crippen molar-refractivity contribution in [1.82, 2.24) is 9.97 Å². The van der Waals surface area contributed by atoms with Gasteiger partial charge in [-0.25, -0.2) is 9.97 Å². The zero-order valence-corrected chi connectivity index (χ0v) is 13.2. The van der Waals surface area contributed by atoms with E-state index in [1.165, 1.54) is 4.90 Å². The van der Waals surface area contributed by atoms with Crippen molar-refractivity contribution in [2.75, 3.05) is 23.4 Å². The Balaban J connectivity index is 2.20. The van der Waals surface area contributed by atoms with Gasteiger partial charge in [0, 0.05) is 17.1 Å².